The van der Waals surface area contributed by atoms with E-state index in [9.17, 15) is 9.59 Å². The second-order valence-electron chi connectivity index (χ2n) is 6.07. The number of nitrogens with zero attached hydrogens (tertiary/aromatic N) is 2. The van der Waals surface area contributed by atoms with Crippen molar-refractivity contribution in [3.63, 3.8) is 0 Å². The van der Waals surface area contributed by atoms with E-state index >= 15 is 0 Å². The lowest BCUT2D eigenvalue weighted by Crippen LogP contribution is -2.22. The van der Waals surface area contributed by atoms with Gasteiger partial charge in [-0.25, -0.2) is 9.78 Å². The molecule has 0 saturated heterocycles. The lowest BCUT2D eigenvalue weighted by atomic mass is 10.1. The van der Waals surface area contributed by atoms with Crippen LogP contribution >= 0.6 is 0 Å². The molecule has 148 valence electrons. The Balaban J connectivity index is 1.63. The largest absolute Gasteiger partial charge is 0.477 e. The van der Waals surface area contributed by atoms with Crippen molar-refractivity contribution in [2.75, 3.05) is 11.9 Å². The molecule has 0 unspecified atom stereocenters. The van der Waals surface area contributed by atoms with Crippen LogP contribution in [0.1, 0.15) is 22.8 Å². The lowest BCUT2D eigenvalue weighted by molar-refractivity contribution is 0.0951. The first-order chi connectivity index (χ1) is 14.0. The second kappa shape index (κ2) is 9.32. The molecule has 8 heteroatoms. The van der Waals surface area contributed by atoms with E-state index in [0.717, 1.165) is 11.1 Å². The summed E-state index contributed by atoms with van der Waals surface area (Å²) in [7, 11) is 0. The summed E-state index contributed by atoms with van der Waals surface area (Å²) in [5, 5.41) is 13.9. The first-order valence-electron chi connectivity index (χ1n) is 8.97. The number of carboxylic acid groups (broad SMARTS) is 1. The molecule has 8 nitrogen and oxygen atoms in total. The first-order valence-corrected chi connectivity index (χ1v) is 8.97. The highest BCUT2D eigenvalue weighted by Crippen LogP contribution is 2.19. The molecule has 2 aromatic carbocycles. The second-order valence-corrected chi connectivity index (χ2v) is 6.07. The fraction of sp³-hybridized carbons (Fsp3) is 0.143. The van der Waals surface area contributed by atoms with Gasteiger partial charge in [-0.2, -0.15) is 0 Å². The number of ether oxygens (including phenoxy) is 1. The monoisotopic (exact) mass is 392 g/mol. The Kier molecular flexibility index (Phi) is 6.36. The molecular weight excluding hydrogens is 372 g/mol. The number of carbonyl (C=O) groups is 2. The Hall–Kier alpha value is -3.94. The van der Waals surface area contributed by atoms with Gasteiger partial charge in [0.05, 0.1) is 24.7 Å². The molecule has 0 bridgehead atoms. The van der Waals surface area contributed by atoms with Crippen LogP contribution in [0.15, 0.2) is 60.9 Å². The van der Waals surface area contributed by atoms with Gasteiger partial charge in [-0.15, -0.1) is 0 Å². The molecule has 29 heavy (non-hydrogen) atoms. The highest BCUT2D eigenvalue weighted by molar-refractivity contribution is 5.94. The normalized spacial score (nSPS) is 10.2. The zero-order valence-electron chi connectivity index (χ0n) is 15.8. The number of aromatic nitrogens is 2. The van der Waals surface area contributed by atoms with Gasteiger partial charge in [0.15, 0.2) is 0 Å². The Morgan fingerprint density at radius 2 is 1.90 bits per heavy atom. The third-order valence-corrected chi connectivity index (χ3v) is 3.98. The molecule has 0 fully saturated rings. The molecule has 3 rings (SSSR count). The molecule has 0 aliphatic carbocycles. The minimum atomic E-state index is -1.14. The molecule has 0 aliphatic rings. The van der Waals surface area contributed by atoms with Crippen molar-refractivity contribution in [2.45, 2.75) is 13.5 Å². The van der Waals surface area contributed by atoms with E-state index in [2.05, 4.69) is 20.6 Å². The lowest BCUT2D eigenvalue weighted by Gasteiger charge is -2.08. The molecular formula is C21H20N4O4. The maximum atomic E-state index is 12.4. The maximum absolute atomic E-state index is 12.4. The quantitative estimate of drug-likeness (QED) is 0.567. The van der Waals surface area contributed by atoms with E-state index in [4.69, 9.17) is 9.84 Å². The minimum Gasteiger partial charge on any atom is -0.477 e. The number of hydrogen-bond donors (Lipinski definition) is 3. The van der Waals surface area contributed by atoms with Gasteiger partial charge in [0.1, 0.15) is 0 Å². The van der Waals surface area contributed by atoms with Gasteiger partial charge >= 0.3 is 6.09 Å². The number of rotatable bonds is 7. The fourth-order valence-electron chi connectivity index (χ4n) is 2.66. The third-order valence-electron chi connectivity index (χ3n) is 3.98. The predicted octanol–water partition coefficient (Wildman–Crippen LogP) is 3.56. The summed E-state index contributed by atoms with van der Waals surface area (Å²) in [6.07, 6.45) is 2.05. The first kappa shape index (κ1) is 19.8. The van der Waals surface area contributed by atoms with Crippen LogP contribution < -0.4 is 15.4 Å². The van der Waals surface area contributed by atoms with Gasteiger partial charge in [-0.3, -0.25) is 15.1 Å². The van der Waals surface area contributed by atoms with Crippen molar-refractivity contribution >= 4 is 17.7 Å². The smallest absolute Gasteiger partial charge is 0.409 e. The molecule has 0 radical (unpaired) electrons. The predicted molar refractivity (Wildman–Crippen MR) is 108 cm³/mol. The van der Waals surface area contributed by atoms with Crippen molar-refractivity contribution in [3.8, 4) is 17.1 Å². The number of nitrogens with one attached hydrogen (secondary N) is 2. The molecule has 0 spiro atoms. The zero-order chi connectivity index (χ0) is 20.6. The Morgan fingerprint density at radius 3 is 2.62 bits per heavy atom. The van der Waals surface area contributed by atoms with Gasteiger partial charge in [-0.1, -0.05) is 24.3 Å². The van der Waals surface area contributed by atoms with Crippen molar-refractivity contribution in [1.82, 2.24) is 15.3 Å². The van der Waals surface area contributed by atoms with Gasteiger partial charge in [0.2, 0.25) is 5.88 Å². The molecule has 2 amide bonds. The number of hydrogen-bond acceptors (Lipinski definition) is 5. The summed E-state index contributed by atoms with van der Waals surface area (Å²) < 4.78 is 5.36. The topological polar surface area (TPSA) is 113 Å². The van der Waals surface area contributed by atoms with Crippen LogP contribution in [0.4, 0.5) is 10.5 Å². The van der Waals surface area contributed by atoms with Crippen LogP contribution in [-0.2, 0) is 6.54 Å². The number of carbonyl (C=O) groups excluding carboxylic acids is 1. The minimum absolute atomic E-state index is 0.234. The van der Waals surface area contributed by atoms with Crippen LogP contribution in [0.3, 0.4) is 0 Å². The highest BCUT2D eigenvalue weighted by atomic mass is 16.5. The van der Waals surface area contributed by atoms with Crippen LogP contribution in [-0.4, -0.2) is 33.7 Å². The van der Waals surface area contributed by atoms with Crippen molar-refractivity contribution in [3.05, 3.63) is 72.1 Å². The summed E-state index contributed by atoms with van der Waals surface area (Å²) in [5.74, 6) is 0.216. The van der Waals surface area contributed by atoms with Crippen LogP contribution in [0.5, 0.6) is 5.88 Å². The van der Waals surface area contributed by atoms with E-state index in [1.54, 1.807) is 60.9 Å². The van der Waals surface area contributed by atoms with E-state index < -0.39 is 6.09 Å². The number of amides is 2. The van der Waals surface area contributed by atoms with Crippen molar-refractivity contribution in [2.24, 2.45) is 0 Å². The van der Waals surface area contributed by atoms with Gasteiger partial charge in [0, 0.05) is 23.4 Å². The molecule has 1 aromatic heterocycles. The van der Waals surface area contributed by atoms with E-state index in [-0.39, 0.29) is 12.5 Å². The standard InChI is InChI=1S/C21H20N4O4/c1-2-29-19-13-22-12-18(25-19)15-6-8-16(9-7-15)20(26)23-11-14-4-3-5-17(10-14)24-21(27)28/h3-10,12-13,24H,2,11H2,1H3,(H,23,26)(H,27,28). The molecule has 0 aliphatic heterocycles. The molecule has 0 saturated carbocycles. The zero-order valence-corrected chi connectivity index (χ0v) is 15.8. The number of anilines is 1. The van der Waals surface area contributed by atoms with Gasteiger partial charge in [-0.05, 0) is 36.8 Å². The fourth-order valence-corrected chi connectivity index (χ4v) is 2.66. The molecule has 0 atom stereocenters. The molecule has 3 aromatic rings. The molecule has 1 heterocycles. The van der Waals surface area contributed by atoms with Crippen molar-refractivity contribution in [1.29, 1.82) is 0 Å². The summed E-state index contributed by atoms with van der Waals surface area (Å²) in [6.45, 7) is 2.66. The SMILES string of the molecule is CCOc1cncc(-c2ccc(C(=O)NCc3cccc(NC(=O)O)c3)cc2)n1. The van der Waals surface area contributed by atoms with Crippen LogP contribution in [0.25, 0.3) is 11.3 Å². The Bertz CT molecular complexity index is 1010. The summed E-state index contributed by atoms with van der Waals surface area (Å²) in [5.41, 5.74) is 3.21. The molecule has 3 N–H and O–H groups in total. The number of benzene rings is 2. The summed E-state index contributed by atoms with van der Waals surface area (Å²) in [6, 6.07) is 13.9. The van der Waals surface area contributed by atoms with Gasteiger partial charge in [0.25, 0.3) is 5.91 Å². The van der Waals surface area contributed by atoms with E-state index in [0.29, 0.717) is 29.4 Å². The average Bonchev–Trinajstić information content (AvgIpc) is 2.72. The summed E-state index contributed by atoms with van der Waals surface area (Å²) in [4.78, 5) is 31.6. The Morgan fingerprint density at radius 1 is 1.10 bits per heavy atom. The average molecular weight is 392 g/mol. The van der Waals surface area contributed by atoms with Crippen molar-refractivity contribution < 1.29 is 19.4 Å². The van der Waals surface area contributed by atoms with Gasteiger partial charge < -0.3 is 15.2 Å². The van der Waals surface area contributed by atoms with E-state index in [1.807, 2.05) is 6.92 Å². The third kappa shape index (κ3) is 5.52. The Labute approximate surface area is 167 Å². The maximum Gasteiger partial charge on any atom is 0.409 e. The highest BCUT2D eigenvalue weighted by Gasteiger charge is 2.08. The summed E-state index contributed by atoms with van der Waals surface area (Å²) >= 11 is 0. The van der Waals surface area contributed by atoms with Crippen LogP contribution in [0.2, 0.25) is 0 Å². The van der Waals surface area contributed by atoms with E-state index in [1.165, 1.54) is 0 Å². The van der Waals surface area contributed by atoms with Crippen LogP contribution in [0, 0.1) is 0 Å².